The van der Waals surface area contributed by atoms with Crippen LogP contribution in [-0.4, -0.2) is 16.6 Å². The van der Waals surface area contributed by atoms with Crippen LogP contribution in [0.25, 0.3) is 21.8 Å². The normalized spacial score (nSPS) is 12.2. The number of amides is 1. The number of para-hydroxylation sites is 1. The number of rotatable bonds is 5. The fourth-order valence-electron chi connectivity index (χ4n) is 3.49. The Morgan fingerprint density at radius 1 is 1.04 bits per heavy atom. The van der Waals surface area contributed by atoms with E-state index in [0.29, 0.717) is 11.4 Å². The predicted molar refractivity (Wildman–Crippen MR) is 110 cm³/mol. The SMILES string of the molecule is CCn1c2ccccc2c2cc(NC(=O)[C@@H](C)Oc3ccc(F)cc3)ccc21. The number of nitrogens with zero attached hydrogens (tertiary/aromatic N) is 1. The van der Waals surface area contributed by atoms with Crippen molar-refractivity contribution in [3.05, 3.63) is 72.5 Å². The van der Waals surface area contributed by atoms with Crippen LogP contribution in [0.15, 0.2) is 66.7 Å². The van der Waals surface area contributed by atoms with Crippen molar-refractivity contribution in [2.75, 3.05) is 5.32 Å². The van der Waals surface area contributed by atoms with Crippen molar-refractivity contribution < 1.29 is 13.9 Å². The number of hydrogen-bond acceptors (Lipinski definition) is 2. The van der Waals surface area contributed by atoms with E-state index in [1.807, 2.05) is 30.3 Å². The van der Waals surface area contributed by atoms with Crippen LogP contribution in [0.1, 0.15) is 13.8 Å². The Kier molecular flexibility index (Phi) is 4.74. The van der Waals surface area contributed by atoms with Gasteiger partial charge in [0, 0.05) is 34.0 Å². The average molecular weight is 376 g/mol. The van der Waals surface area contributed by atoms with E-state index in [1.54, 1.807) is 6.92 Å². The van der Waals surface area contributed by atoms with Gasteiger partial charge in [-0.05, 0) is 62.4 Å². The zero-order chi connectivity index (χ0) is 19.7. The highest BCUT2D eigenvalue weighted by molar-refractivity contribution is 6.10. The second kappa shape index (κ2) is 7.35. The molecule has 0 unspecified atom stereocenters. The molecule has 1 N–H and O–H groups in total. The zero-order valence-electron chi connectivity index (χ0n) is 15.8. The molecule has 0 radical (unpaired) electrons. The maximum absolute atomic E-state index is 13.0. The molecule has 4 rings (SSSR count). The summed E-state index contributed by atoms with van der Waals surface area (Å²) in [6, 6.07) is 19.8. The number of hydrogen-bond donors (Lipinski definition) is 1. The highest BCUT2D eigenvalue weighted by atomic mass is 19.1. The molecule has 4 nitrogen and oxygen atoms in total. The van der Waals surface area contributed by atoms with Gasteiger partial charge in [-0.15, -0.1) is 0 Å². The first-order chi connectivity index (χ1) is 13.6. The highest BCUT2D eigenvalue weighted by Crippen LogP contribution is 2.31. The second-order valence-electron chi connectivity index (χ2n) is 6.70. The van der Waals surface area contributed by atoms with Crippen LogP contribution in [0.3, 0.4) is 0 Å². The van der Waals surface area contributed by atoms with Crippen LogP contribution >= 0.6 is 0 Å². The summed E-state index contributed by atoms with van der Waals surface area (Å²) in [6.45, 7) is 4.66. The molecule has 142 valence electrons. The number of carbonyl (C=O) groups is 1. The third kappa shape index (κ3) is 3.31. The Balaban J connectivity index is 1.58. The molecule has 0 saturated heterocycles. The summed E-state index contributed by atoms with van der Waals surface area (Å²) in [5, 5.41) is 5.17. The second-order valence-corrected chi connectivity index (χ2v) is 6.70. The molecule has 28 heavy (non-hydrogen) atoms. The van der Waals surface area contributed by atoms with Crippen molar-refractivity contribution in [1.29, 1.82) is 0 Å². The molecule has 0 aliphatic heterocycles. The number of ether oxygens (including phenoxy) is 1. The van der Waals surface area contributed by atoms with Gasteiger partial charge in [0.2, 0.25) is 0 Å². The summed E-state index contributed by atoms with van der Waals surface area (Å²) in [4.78, 5) is 12.5. The van der Waals surface area contributed by atoms with E-state index in [4.69, 9.17) is 4.74 Å². The topological polar surface area (TPSA) is 43.3 Å². The molecule has 0 spiro atoms. The van der Waals surface area contributed by atoms with Crippen LogP contribution in [0.4, 0.5) is 10.1 Å². The van der Waals surface area contributed by atoms with Crippen LogP contribution in [0.2, 0.25) is 0 Å². The molecule has 0 aliphatic carbocycles. The van der Waals surface area contributed by atoms with Crippen molar-refractivity contribution in [3.63, 3.8) is 0 Å². The van der Waals surface area contributed by atoms with E-state index >= 15 is 0 Å². The molecule has 0 bridgehead atoms. The lowest BCUT2D eigenvalue weighted by Gasteiger charge is -2.15. The molecule has 1 atom stereocenters. The van der Waals surface area contributed by atoms with Crippen LogP contribution < -0.4 is 10.1 Å². The van der Waals surface area contributed by atoms with Crippen molar-refractivity contribution in [3.8, 4) is 5.75 Å². The summed E-state index contributed by atoms with van der Waals surface area (Å²) < 4.78 is 20.9. The summed E-state index contributed by atoms with van der Waals surface area (Å²) in [7, 11) is 0. The molecule has 0 aliphatic rings. The lowest BCUT2D eigenvalue weighted by molar-refractivity contribution is -0.122. The van der Waals surface area contributed by atoms with Crippen LogP contribution in [0.5, 0.6) is 5.75 Å². The molecular weight excluding hydrogens is 355 g/mol. The Morgan fingerprint density at radius 2 is 1.75 bits per heavy atom. The Labute approximate surface area is 162 Å². The van der Waals surface area contributed by atoms with Gasteiger partial charge in [0.05, 0.1) is 0 Å². The molecule has 0 fully saturated rings. The third-order valence-electron chi connectivity index (χ3n) is 4.85. The van der Waals surface area contributed by atoms with Crippen molar-refractivity contribution in [2.45, 2.75) is 26.5 Å². The summed E-state index contributed by atoms with van der Waals surface area (Å²) in [5.41, 5.74) is 3.03. The lowest BCUT2D eigenvalue weighted by atomic mass is 10.1. The molecule has 4 aromatic rings. The number of anilines is 1. The minimum absolute atomic E-state index is 0.261. The van der Waals surface area contributed by atoms with Gasteiger partial charge in [0.1, 0.15) is 11.6 Å². The first kappa shape index (κ1) is 18.0. The molecular formula is C23H21FN2O2. The van der Waals surface area contributed by atoms with E-state index in [0.717, 1.165) is 22.8 Å². The highest BCUT2D eigenvalue weighted by Gasteiger charge is 2.16. The standard InChI is InChI=1S/C23H21FN2O2/c1-3-26-21-7-5-4-6-19(21)20-14-17(10-13-22(20)26)25-23(27)15(2)28-18-11-8-16(24)9-12-18/h4-15H,3H2,1-2H3,(H,25,27)/t15-/m1/s1. The number of aromatic nitrogens is 1. The van der Waals surface area contributed by atoms with Crippen molar-refractivity contribution in [1.82, 2.24) is 4.57 Å². The van der Waals surface area contributed by atoms with Gasteiger partial charge in [-0.25, -0.2) is 4.39 Å². The summed E-state index contributed by atoms with van der Waals surface area (Å²) in [5.74, 6) is -0.155. The first-order valence-electron chi connectivity index (χ1n) is 9.31. The van der Waals surface area contributed by atoms with Gasteiger partial charge in [-0.1, -0.05) is 18.2 Å². The maximum Gasteiger partial charge on any atom is 0.265 e. The molecule has 5 heteroatoms. The number of carbonyl (C=O) groups excluding carboxylic acids is 1. The van der Waals surface area contributed by atoms with Gasteiger partial charge in [0.25, 0.3) is 5.91 Å². The van der Waals surface area contributed by atoms with E-state index in [1.165, 1.54) is 29.8 Å². The molecule has 1 aromatic heterocycles. The van der Waals surface area contributed by atoms with Crippen LogP contribution in [0, 0.1) is 5.82 Å². The van der Waals surface area contributed by atoms with Gasteiger partial charge >= 0.3 is 0 Å². The monoisotopic (exact) mass is 376 g/mol. The number of aryl methyl sites for hydroxylation is 1. The van der Waals surface area contributed by atoms with Gasteiger partial charge in [-0.3, -0.25) is 4.79 Å². The quantitative estimate of drug-likeness (QED) is 0.510. The number of halogens is 1. The fourth-order valence-corrected chi connectivity index (χ4v) is 3.49. The third-order valence-corrected chi connectivity index (χ3v) is 4.85. The van der Waals surface area contributed by atoms with E-state index in [-0.39, 0.29) is 11.7 Å². The number of fused-ring (bicyclic) bond motifs is 3. The maximum atomic E-state index is 13.0. The number of benzene rings is 3. The van der Waals surface area contributed by atoms with Crippen LogP contribution in [-0.2, 0) is 11.3 Å². The first-order valence-corrected chi connectivity index (χ1v) is 9.31. The average Bonchev–Trinajstić information content (AvgIpc) is 3.02. The van der Waals surface area contributed by atoms with Gasteiger partial charge in [0.15, 0.2) is 6.10 Å². The van der Waals surface area contributed by atoms with Gasteiger partial charge < -0.3 is 14.6 Å². The summed E-state index contributed by atoms with van der Waals surface area (Å²) in [6.07, 6.45) is -0.710. The lowest BCUT2D eigenvalue weighted by Crippen LogP contribution is -2.30. The molecule has 1 amide bonds. The minimum Gasteiger partial charge on any atom is -0.481 e. The Bertz CT molecular complexity index is 1150. The molecule has 0 saturated carbocycles. The summed E-state index contributed by atoms with van der Waals surface area (Å²) >= 11 is 0. The Hall–Kier alpha value is -3.34. The molecule has 1 heterocycles. The van der Waals surface area contributed by atoms with E-state index in [9.17, 15) is 9.18 Å². The van der Waals surface area contributed by atoms with Crippen molar-refractivity contribution >= 4 is 33.4 Å². The predicted octanol–water partition coefficient (Wildman–Crippen LogP) is 5.36. The molecule has 3 aromatic carbocycles. The zero-order valence-corrected chi connectivity index (χ0v) is 15.8. The van der Waals surface area contributed by atoms with Crippen molar-refractivity contribution in [2.24, 2.45) is 0 Å². The Morgan fingerprint density at radius 3 is 2.50 bits per heavy atom. The van der Waals surface area contributed by atoms with E-state index in [2.05, 4.69) is 28.9 Å². The fraction of sp³-hybridized carbons (Fsp3) is 0.174. The largest absolute Gasteiger partial charge is 0.481 e. The smallest absolute Gasteiger partial charge is 0.265 e. The van der Waals surface area contributed by atoms with E-state index < -0.39 is 6.10 Å². The number of nitrogens with one attached hydrogen (secondary N) is 1. The van der Waals surface area contributed by atoms with Gasteiger partial charge in [-0.2, -0.15) is 0 Å². The minimum atomic E-state index is -0.710.